The molecule has 1 atom stereocenters. The van der Waals surface area contributed by atoms with Gasteiger partial charge < -0.3 is 0 Å². The first-order valence-corrected chi connectivity index (χ1v) is 10.7. The van der Waals surface area contributed by atoms with Gasteiger partial charge in [-0.15, -0.1) is 5.10 Å². The third kappa shape index (κ3) is 3.66. The predicted octanol–water partition coefficient (Wildman–Crippen LogP) is 4.66. The molecule has 2 heterocycles. The van der Waals surface area contributed by atoms with Gasteiger partial charge in [0.15, 0.2) is 5.82 Å². The molecule has 0 saturated heterocycles. The molecular weight excluding hydrogens is 409 g/mol. The Morgan fingerprint density at radius 3 is 2.39 bits per heavy atom. The van der Waals surface area contributed by atoms with Crippen molar-refractivity contribution in [3.63, 3.8) is 0 Å². The number of aromatic nitrogens is 3. The molecule has 6 heteroatoms. The van der Waals surface area contributed by atoms with Gasteiger partial charge in [-0.25, -0.2) is 9.37 Å². The van der Waals surface area contributed by atoms with E-state index in [1.54, 1.807) is 6.07 Å². The van der Waals surface area contributed by atoms with Crippen molar-refractivity contribution in [3.8, 4) is 11.1 Å². The summed E-state index contributed by atoms with van der Waals surface area (Å²) in [5, 5.41) is 4.42. The quantitative estimate of drug-likeness (QED) is 0.419. The van der Waals surface area contributed by atoms with Crippen LogP contribution in [0.1, 0.15) is 29.8 Å². The molecule has 0 aliphatic rings. The Hall–Kier alpha value is -3.64. The standard InChI is InChI=1S/C25H18FN3OS/c1-16(19-12-13-20(21(26)15-19)18-10-6-3-7-11-18)23-27-25-29(28-23)24(30)22(31-25)14-17-8-4-2-5-9-17/h2-16H,1H3/b22-14-. The van der Waals surface area contributed by atoms with Crippen molar-refractivity contribution >= 4 is 22.4 Å². The second-order valence-corrected chi connectivity index (χ2v) is 8.33. The zero-order valence-corrected chi connectivity index (χ0v) is 17.5. The van der Waals surface area contributed by atoms with E-state index >= 15 is 0 Å². The minimum absolute atomic E-state index is 0.194. The van der Waals surface area contributed by atoms with Gasteiger partial charge >= 0.3 is 0 Å². The Labute approximate surface area is 182 Å². The molecule has 5 aromatic rings. The van der Waals surface area contributed by atoms with Crippen molar-refractivity contribution in [2.24, 2.45) is 0 Å². The lowest BCUT2D eigenvalue weighted by atomic mass is 9.96. The van der Waals surface area contributed by atoms with Crippen molar-refractivity contribution in [3.05, 3.63) is 117 Å². The van der Waals surface area contributed by atoms with E-state index in [1.807, 2.05) is 79.7 Å². The molecular formula is C25H18FN3OS. The summed E-state index contributed by atoms with van der Waals surface area (Å²) >= 11 is 1.30. The van der Waals surface area contributed by atoms with Crippen LogP contribution < -0.4 is 10.1 Å². The lowest BCUT2D eigenvalue weighted by Crippen LogP contribution is -2.24. The van der Waals surface area contributed by atoms with Gasteiger partial charge in [0.05, 0.1) is 4.53 Å². The summed E-state index contributed by atoms with van der Waals surface area (Å²) in [6.07, 6.45) is 1.84. The Morgan fingerprint density at radius 1 is 1.00 bits per heavy atom. The number of nitrogens with zero attached hydrogens (tertiary/aromatic N) is 3. The summed E-state index contributed by atoms with van der Waals surface area (Å²) in [4.78, 5) is 17.8. The van der Waals surface area contributed by atoms with Crippen molar-refractivity contribution < 1.29 is 4.39 Å². The Morgan fingerprint density at radius 2 is 1.71 bits per heavy atom. The summed E-state index contributed by atoms with van der Waals surface area (Å²) in [5.74, 6) is -0.0327. The Kier molecular flexibility index (Phi) is 4.92. The monoisotopic (exact) mass is 427 g/mol. The molecule has 0 fully saturated rings. The number of rotatable bonds is 4. The average Bonchev–Trinajstić information content (AvgIpc) is 3.34. The maximum absolute atomic E-state index is 14.8. The van der Waals surface area contributed by atoms with Crippen LogP contribution in [0.25, 0.3) is 22.2 Å². The SMILES string of the molecule is CC(c1ccc(-c2ccccc2)c(F)c1)c1nc2s/c(=C\c3ccccc3)c(=O)n2n1. The number of halogens is 1. The second kappa shape index (κ2) is 7.89. The van der Waals surface area contributed by atoms with Crippen LogP contribution in [0, 0.1) is 5.82 Å². The van der Waals surface area contributed by atoms with Crippen LogP contribution in [-0.4, -0.2) is 14.6 Å². The van der Waals surface area contributed by atoms with E-state index in [4.69, 9.17) is 0 Å². The van der Waals surface area contributed by atoms with Crippen molar-refractivity contribution in [2.75, 3.05) is 0 Å². The van der Waals surface area contributed by atoms with Crippen LogP contribution in [0.4, 0.5) is 4.39 Å². The lowest BCUT2D eigenvalue weighted by Gasteiger charge is -2.10. The highest BCUT2D eigenvalue weighted by molar-refractivity contribution is 7.15. The van der Waals surface area contributed by atoms with Gasteiger partial charge in [-0.3, -0.25) is 4.79 Å². The van der Waals surface area contributed by atoms with Gasteiger partial charge in [-0.1, -0.05) is 91.1 Å². The molecule has 0 aliphatic carbocycles. The minimum atomic E-state index is -0.291. The molecule has 0 saturated carbocycles. The highest BCUT2D eigenvalue weighted by Crippen LogP contribution is 2.28. The minimum Gasteiger partial charge on any atom is -0.266 e. The van der Waals surface area contributed by atoms with E-state index in [2.05, 4.69) is 10.1 Å². The normalized spacial score (nSPS) is 13.0. The van der Waals surface area contributed by atoms with Crippen LogP contribution in [0.5, 0.6) is 0 Å². The molecule has 5 rings (SSSR count). The fraction of sp³-hybridized carbons (Fsp3) is 0.0800. The summed E-state index contributed by atoms with van der Waals surface area (Å²) in [5.41, 5.74) is 2.90. The molecule has 0 amide bonds. The van der Waals surface area contributed by atoms with E-state index in [0.717, 1.165) is 16.7 Å². The van der Waals surface area contributed by atoms with Gasteiger partial charge in [-0.05, 0) is 28.8 Å². The van der Waals surface area contributed by atoms with E-state index in [0.29, 0.717) is 20.9 Å². The first-order valence-electron chi connectivity index (χ1n) is 9.91. The first-order chi connectivity index (χ1) is 15.1. The Bertz CT molecular complexity index is 1480. The molecule has 0 radical (unpaired) electrons. The van der Waals surface area contributed by atoms with Crippen LogP contribution in [0.15, 0.2) is 83.7 Å². The molecule has 0 N–H and O–H groups in total. The number of hydrogen-bond donors (Lipinski definition) is 0. The van der Waals surface area contributed by atoms with E-state index in [9.17, 15) is 9.18 Å². The lowest BCUT2D eigenvalue weighted by molar-refractivity contribution is 0.626. The summed E-state index contributed by atoms with van der Waals surface area (Å²) in [7, 11) is 0. The van der Waals surface area contributed by atoms with Crippen LogP contribution in [-0.2, 0) is 0 Å². The maximum atomic E-state index is 14.8. The van der Waals surface area contributed by atoms with Crippen LogP contribution >= 0.6 is 11.3 Å². The average molecular weight is 428 g/mol. The number of benzene rings is 3. The summed E-state index contributed by atoms with van der Waals surface area (Å²) in [6.45, 7) is 1.91. The fourth-order valence-corrected chi connectivity index (χ4v) is 4.45. The van der Waals surface area contributed by atoms with Crippen LogP contribution in [0.3, 0.4) is 0 Å². The summed E-state index contributed by atoms with van der Waals surface area (Å²) < 4.78 is 16.7. The van der Waals surface area contributed by atoms with Crippen molar-refractivity contribution in [2.45, 2.75) is 12.8 Å². The molecule has 0 bridgehead atoms. The molecule has 0 aliphatic heterocycles. The van der Waals surface area contributed by atoms with E-state index in [1.165, 1.54) is 21.9 Å². The third-order valence-corrected chi connectivity index (χ3v) is 6.22. The van der Waals surface area contributed by atoms with Gasteiger partial charge in [-0.2, -0.15) is 4.52 Å². The third-order valence-electron chi connectivity index (χ3n) is 5.26. The van der Waals surface area contributed by atoms with Gasteiger partial charge in [0.1, 0.15) is 5.82 Å². The highest BCUT2D eigenvalue weighted by atomic mass is 32.1. The predicted molar refractivity (Wildman–Crippen MR) is 122 cm³/mol. The summed E-state index contributed by atoms with van der Waals surface area (Å²) in [6, 6.07) is 24.3. The van der Waals surface area contributed by atoms with Gasteiger partial charge in [0.2, 0.25) is 4.96 Å². The van der Waals surface area contributed by atoms with Crippen molar-refractivity contribution in [1.82, 2.24) is 14.6 Å². The second-order valence-electron chi connectivity index (χ2n) is 7.32. The molecule has 31 heavy (non-hydrogen) atoms. The zero-order valence-electron chi connectivity index (χ0n) is 16.7. The zero-order chi connectivity index (χ0) is 21.4. The van der Waals surface area contributed by atoms with E-state index < -0.39 is 0 Å². The van der Waals surface area contributed by atoms with Gasteiger partial charge in [0, 0.05) is 11.5 Å². The fourth-order valence-electron chi connectivity index (χ4n) is 3.53. The smallest absolute Gasteiger partial charge is 0.266 e. The number of hydrogen-bond acceptors (Lipinski definition) is 4. The van der Waals surface area contributed by atoms with Gasteiger partial charge in [0.25, 0.3) is 5.56 Å². The molecule has 152 valence electrons. The largest absolute Gasteiger partial charge is 0.291 e. The molecule has 0 spiro atoms. The molecule has 3 aromatic carbocycles. The number of fused-ring (bicyclic) bond motifs is 1. The molecule has 4 nitrogen and oxygen atoms in total. The molecule has 1 unspecified atom stereocenters. The topological polar surface area (TPSA) is 47.3 Å². The highest BCUT2D eigenvalue weighted by Gasteiger charge is 2.18. The molecule has 2 aromatic heterocycles. The number of thiazole rings is 1. The van der Waals surface area contributed by atoms with Crippen LogP contribution in [0.2, 0.25) is 0 Å². The maximum Gasteiger partial charge on any atom is 0.291 e. The van der Waals surface area contributed by atoms with E-state index in [-0.39, 0.29) is 17.3 Å². The Balaban J connectivity index is 1.48. The first kappa shape index (κ1) is 19.3. The van der Waals surface area contributed by atoms with Crippen molar-refractivity contribution in [1.29, 1.82) is 0 Å².